The van der Waals surface area contributed by atoms with Gasteiger partial charge < -0.3 is 10.6 Å². The monoisotopic (exact) mass is 418 g/mol. The molecule has 26 heavy (non-hydrogen) atoms. The molecule has 0 spiro atoms. The summed E-state index contributed by atoms with van der Waals surface area (Å²) >= 11 is 3.17. The van der Waals surface area contributed by atoms with Gasteiger partial charge in [-0.15, -0.1) is 10.2 Å². The number of carbonyl (C=O) groups is 1. The number of aromatic nitrogens is 2. The van der Waals surface area contributed by atoms with E-state index >= 15 is 0 Å². The Labute approximate surface area is 163 Å². The van der Waals surface area contributed by atoms with Crippen molar-refractivity contribution in [3.63, 3.8) is 0 Å². The van der Waals surface area contributed by atoms with Gasteiger partial charge in [0.25, 0.3) is 5.76 Å². The zero-order valence-corrected chi connectivity index (χ0v) is 17.2. The van der Waals surface area contributed by atoms with Crippen LogP contribution < -0.4 is 10.6 Å². The lowest BCUT2D eigenvalue weighted by atomic mass is 10.1. The lowest BCUT2D eigenvalue weighted by molar-refractivity contribution is -0.121. The number of halogens is 2. The van der Waals surface area contributed by atoms with Crippen LogP contribution in [0.15, 0.2) is 33.5 Å². The maximum Gasteiger partial charge on any atom is 0.288 e. The molecular formula is C16H20F2N4OS3. The Kier molecular flexibility index (Phi) is 7.24. The van der Waals surface area contributed by atoms with Crippen molar-refractivity contribution in [3.05, 3.63) is 24.3 Å². The Morgan fingerprint density at radius 3 is 2.38 bits per heavy atom. The van der Waals surface area contributed by atoms with E-state index in [4.69, 9.17) is 0 Å². The fraction of sp³-hybridized carbons (Fsp3) is 0.438. The Balaban J connectivity index is 1.92. The van der Waals surface area contributed by atoms with E-state index in [1.165, 1.54) is 23.1 Å². The van der Waals surface area contributed by atoms with Gasteiger partial charge in [0.05, 0.1) is 5.25 Å². The molecule has 0 aliphatic carbocycles. The molecule has 2 rings (SSSR count). The average molecular weight is 419 g/mol. The van der Waals surface area contributed by atoms with Crippen molar-refractivity contribution in [1.82, 2.24) is 15.5 Å². The van der Waals surface area contributed by atoms with Crippen LogP contribution in [0, 0.1) is 0 Å². The number of amides is 1. The zero-order chi connectivity index (χ0) is 19.3. The molecule has 1 heterocycles. The van der Waals surface area contributed by atoms with Gasteiger partial charge in [-0.25, -0.2) is 0 Å². The first-order valence-electron chi connectivity index (χ1n) is 7.76. The van der Waals surface area contributed by atoms with Crippen molar-refractivity contribution in [3.8, 4) is 0 Å². The van der Waals surface area contributed by atoms with E-state index in [1.807, 2.05) is 27.7 Å². The van der Waals surface area contributed by atoms with Gasteiger partial charge in [-0.1, -0.05) is 34.9 Å². The second kappa shape index (κ2) is 9.01. The van der Waals surface area contributed by atoms with Crippen molar-refractivity contribution in [2.75, 3.05) is 5.32 Å². The molecule has 0 aliphatic rings. The summed E-state index contributed by atoms with van der Waals surface area (Å²) in [5, 5.41) is 14.4. The number of benzene rings is 1. The van der Waals surface area contributed by atoms with Crippen LogP contribution in [0.2, 0.25) is 0 Å². The molecule has 1 unspecified atom stereocenters. The third-order valence-electron chi connectivity index (χ3n) is 2.88. The van der Waals surface area contributed by atoms with Crippen LogP contribution in [-0.2, 0) is 4.79 Å². The van der Waals surface area contributed by atoms with E-state index in [9.17, 15) is 13.6 Å². The van der Waals surface area contributed by atoms with Crippen LogP contribution in [0.5, 0.6) is 0 Å². The summed E-state index contributed by atoms with van der Waals surface area (Å²) in [6, 6.07) is 6.65. The normalized spacial score (nSPS) is 12.9. The summed E-state index contributed by atoms with van der Waals surface area (Å²) in [5.41, 5.74) is 0.448. The topological polar surface area (TPSA) is 66.9 Å². The van der Waals surface area contributed by atoms with Crippen molar-refractivity contribution in [2.24, 2.45) is 0 Å². The molecule has 142 valence electrons. The Morgan fingerprint density at radius 1 is 1.15 bits per heavy atom. The van der Waals surface area contributed by atoms with E-state index in [2.05, 4.69) is 20.8 Å². The highest BCUT2D eigenvalue weighted by Crippen LogP contribution is 2.31. The van der Waals surface area contributed by atoms with Crippen molar-refractivity contribution >= 4 is 51.6 Å². The highest BCUT2D eigenvalue weighted by atomic mass is 32.2. The van der Waals surface area contributed by atoms with Crippen LogP contribution in [0.25, 0.3) is 0 Å². The highest BCUT2D eigenvalue weighted by Gasteiger charge is 2.21. The van der Waals surface area contributed by atoms with Gasteiger partial charge >= 0.3 is 0 Å². The molecule has 0 saturated heterocycles. The summed E-state index contributed by atoms with van der Waals surface area (Å²) in [6.07, 6.45) is 0. The van der Waals surface area contributed by atoms with E-state index in [1.54, 1.807) is 24.3 Å². The lowest BCUT2D eigenvalue weighted by Crippen LogP contribution is -2.44. The third-order valence-corrected chi connectivity index (χ3v) is 5.63. The van der Waals surface area contributed by atoms with Crippen molar-refractivity contribution in [1.29, 1.82) is 0 Å². The maximum atomic E-state index is 12.3. The number of nitrogens with zero attached hydrogens (tertiary/aromatic N) is 2. The number of anilines is 2. The van der Waals surface area contributed by atoms with Gasteiger partial charge in [0, 0.05) is 16.1 Å². The predicted molar refractivity (Wildman–Crippen MR) is 105 cm³/mol. The molecular weight excluding hydrogens is 398 g/mol. The minimum absolute atomic E-state index is 0.0562. The largest absolute Gasteiger partial charge is 0.351 e. The molecule has 2 aromatic rings. The average Bonchev–Trinajstić information content (AvgIpc) is 2.94. The first-order chi connectivity index (χ1) is 12.1. The minimum atomic E-state index is -2.44. The molecule has 2 N–H and O–H groups in total. The number of alkyl halides is 2. The van der Waals surface area contributed by atoms with E-state index in [0.29, 0.717) is 26.1 Å². The molecule has 0 aliphatic heterocycles. The first-order valence-corrected chi connectivity index (χ1v) is 10.3. The van der Waals surface area contributed by atoms with Gasteiger partial charge in [0.15, 0.2) is 4.34 Å². The van der Waals surface area contributed by atoms with Crippen molar-refractivity contribution in [2.45, 2.75) is 53.5 Å². The summed E-state index contributed by atoms with van der Waals surface area (Å²) < 4.78 is 25.3. The summed E-state index contributed by atoms with van der Waals surface area (Å²) in [4.78, 5) is 12.6. The summed E-state index contributed by atoms with van der Waals surface area (Å²) in [7, 11) is 0. The van der Waals surface area contributed by atoms with Gasteiger partial charge in [0.2, 0.25) is 11.0 Å². The molecule has 5 nitrogen and oxygen atoms in total. The number of rotatable bonds is 7. The molecule has 1 atom stereocenters. The van der Waals surface area contributed by atoms with Crippen LogP contribution in [0.3, 0.4) is 0 Å². The molecule has 1 aromatic heterocycles. The first kappa shape index (κ1) is 20.9. The van der Waals surface area contributed by atoms with E-state index in [0.717, 1.165) is 5.69 Å². The maximum absolute atomic E-state index is 12.3. The molecule has 0 saturated carbocycles. The second-order valence-electron chi connectivity index (χ2n) is 6.40. The van der Waals surface area contributed by atoms with E-state index in [-0.39, 0.29) is 16.7 Å². The Hall–Kier alpha value is -1.39. The molecule has 0 bridgehead atoms. The molecule has 0 fully saturated rings. The van der Waals surface area contributed by atoms with Crippen molar-refractivity contribution < 1.29 is 13.6 Å². The van der Waals surface area contributed by atoms with Gasteiger partial charge in [0.1, 0.15) is 0 Å². The molecule has 10 heteroatoms. The molecule has 1 aromatic carbocycles. The zero-order valence-electron chi connectivity index (χ0n) is 14.7. The number of nitrogens with one attached hydrogen (secondary N) is 2. The smallest absolute Gasteiger partial charge is 0.288 e. The van der Waals surface area contributed by atoms with Gasteiger partial charge in [-0.05, 0) is 52.0 Å². The van der Waals surface area contributed by atoms with Crippen LogP contribution in [0.4, 0.5) is 19.6 Å². The summed E-state index contributed by atoms with van der Waals surface area (Å²) in [5.74, 6) is -2.49. The van der Waals surface area contributed by atoms with Gasteiger partial charge in [-0.2, -0.15) is 8.78 Å². The molecule has 0 radical (unpaired) electrons. The Morgan fingerprint density at radius 2 is 1.81 bits per heavy atom. The highest BCUT2D eigenvalue weighted by molar-refractivity contribution is 8.02. The summed E-state index contributed by atoms with van der Waals surface area (Å²) in [6.45, 7) is 7.61. The minimum Gasteiger partial charge on any atom is -0.351 e. The fourth-order valence-electron chi connectivity index (χ4n) is 1.83. The second-order valence-corrected chi connectivity index (χ2v) is 10.0. The molecule has 1 amide bonds. The SMILES string of the molecule is CC(Sc1nnc(Nc2ccc(SC(F)F)cc2)s1)C(=O)NC(C)(C)C. The number of carbonyl (C=O) groups excluding carboxylic acids is 1. The van der Waals surface area contributed by atoms with Crippen LogP contribution in [-0.4, -0.2) is 32.7 Å². The third kappa shape index (κ3) is 7.08. The van der Waals surface area contributed by atoms with E-state index < -0.39 is 5.76 Å². The number of thioether (sulfide) groups is 2. The predicted octanol–water partition coefficient (Wildman–Crippen LogP) is 4.99. The lowest BCUT2D eigenvalue weighted by Gasteiger charge is -2.22. The standard InChI is InChI=1S/C16H20F2N4OS3/c1-9(12(23)20-16(2,3)4)24-15-22-21-14(26-15)19-10-5-7-11(8-6-10)25-13(17)18/h5-9,13H,1-4H3,(H,19,21)(H,20,23). The number of hydrogen-bond acceptors (Lipinski definition) is 7. The number of hydrogen-bond donors (Lipinski definition) is 2. The van der Waals surface area contributed by atoms with Crippen LogP contribution in [0.1, 0.15) is 27.7 Å². The van der Waals surface area contributed by atoms with Gasteiger partial charge in [-0.3, -0.25) is 4.79 Å². The quantitative estimate of drug-likeness (QED) is 0.618. The Bertz CT molecular complexity index is 732. The van der Waals surface area contributed by atoms with Crippen LogP contribution >= 0.6 is 34.9 Å². The fourth-order valence-corrected chi connectivity index (χ4v) is 4.24.